The summed E-state index contributed by atoms with van der Waals surface area (Å²) in [6.07, 6.45) is 0.958. The molecule has 0 aromatic heterocycles. The molecule has 3 rings (SSSR count). The second kappa shape index (κ2) is 5.44. The van der Waals surface area contributed by atoms with Gasteiger partial charge in [0.2, 0.25) is 0 Å². The van der Waals surface area contributed by atoms with Gasteiger partial charge in [0.15, 0.2) is 0 Å². The lowest BCUT2D eigenvalue weighted by atomic mass is 10.1. The molecule has 1 heterocycles. The van der Waals surface area contributed by atoms with Crippen LogP contribution >= 0.6 is 15.9 Å². The largest absolute Gasteiger partial charge is 0.488 e. The minimum absolute atomic E-state index is 0.0867. The van der Waals surface area contributed by atoms with Crippen LogP contribution in [0.25, 0.3) is 0 Å². The van der Waals surface area contributed by atoms with E-state index in [4.69, 9.17) is 4.74 Å². The predicted molar refractivity (Wildman–Crippen MR) is 81.9 cm³/mol. The molecule has 2 aromatic carbocycles. The van der Waals surface area contributed by atoms with E-state index in [1.807, 2.05) is 18.2 Å². The lowest BCUT2D eigenvalue weighted by molar-refractivity contribution is 0.246. The summed E-state index contributed by atoms with van der Waals surface area (Å²) in [4.78, 5) is 0. The van der Waals surface area contributed by atoms with Crippen LogP contribution in [-0.2, 0) is 6.42 Å². The molecule has 0 saturated heterocycles. The number of halogens is 2. The lowest BCUT2D eigenvalue weighted by Gasteiger charge is -2.13. The zero-order chi connectivity index (χ0) is 14.1. The molecule has 20 heavy (non-hydrogen) atoms. The number of benzene rings is 2. The first-order chi connectivity index (χ1) is 9.61. The van der Waals surface area contributed by atoms with Gasteiger partial charge in [-0.1, -0.05) is 22.0 Å². The maximum absolute atomic E-state index is 13.5. The maximum atomic E-state index is 13.5. The van der Waals surface area contributed by atoms with Crippen LogP contribution in [0.5, 0.6) is 5.75 Å². The Kier molecular flexibility index (Phi) is 3.66. The molecule has 2 aromatic rings. The van der Waals surface area contributed by atoms with Crippen molar-refractivity contribution in [2.75, 3.05) is 11.9 Å². The fraction of sp³-hybridized carbons (Fsp3) is 0.250. The van der Waals surface area contributed by atoms with Crippen molar-refractivity contribution in [1.82, 2.24) is 0 Å². The van der Waals surface area contributed by atoms with Gasteiger partial charge in [-0.15, -0.1) is 0 Å². The third-order valence-corrected chi connectivity index (χ3v) is 3.96. The normalized spacial score (nSPS) is 16.6. The molecule has 0 spiro atoms. The Morgan fingerprint density at radius 2 is 2.15 bits per heavy atom. The highest BCUT2D eigenvalue weighted by Gasteiger charge is 2.22. The Bertz CT molecular complexity index is 644. The quantitative estimate of drug-likeness (QED) is 0.902. The van der Waals surface area contributed by atoms with Crippen LogP contribution in [0.2, 0.25) is 0 Å². The van der Waals surface area contributed by atoms with Crippen LogP contribution < -0.4 is 10.1 Å². The number of nitrogens with one attached hydrogen (secondary N) is 1. The van der Waals surface area contributed by atoms with Crippen molar-refractivity contribution >= 4 is 21.6 Å². The van der Waals surface area contributed by atoms with Gasteiger partial charge >= 0.3 is 0 Å². The number of hydrogen-bond donors (Lipinski definition) is 1. The molecule has 1 aliphatic heterocycles. The van der Waals surface area contributed by atoms with Crippen LogP contribution in [0.1, 0.15) is 11.1 Å². The molecule has 4 heteroatoms. The van der Waals surface area contributed by atoms with Crippen LogP contribution in [0, 0.1) is 12.7 Å². The number of anilines is 1. The number of fused-ring (bicyclic) bond motifs is 1. The van der Waals surface area contributed by atoms with Crippen molar-refractivity contribution in [3.63, 3.8) is 0 Å². The summed E-state index contributed by atoms with van der Waals surface area (Å²) in [5.74, 6) is 0.754. The van der Waals surface area contributed by atoms with E-state index in [1.165, 1.54) is 11.6 Å². The molecule has 1 unspecified atom stereocenters. The highest BCUT2D eigenvalue weighted by Crippen LogP contribution is 2.31. The molecule has 0 aliphatic carbocycles. The molecule has 0 fully saturated rings. The molecule has 0 amide bonds. The van der Waals surface area contributed by atoms with Crippen molar-refractivity contribution in [3.8, 4) is 5.75 Å². The third kappa shape index (κ3) is 2.80. The minimum atomic E-state index is -0.186. The second-order valence-corrected chi connectivity index (χ2v) is 5.96. The first-order valence-corrected chi connectivity index (χ1v) is 7.36. The van der Waals surface area contributed by atoms with Crippen molar-refractivity contribution in [2.24, 2.45) is 0 Å². The average Bonchev–Trinajstić information content (AvgIpc) is 2.82. The van der Waals surface area contributed by atoms with E-state index >= 15 is 0 Å². The molecule has 1 aliphatic rings. The molecular formula is C16H15BrFNO. The van der Waals surface area contributed by atoms with Crippen molar-refractivity contribution < 1.29 is 9.13 Å². The van der Waals surface area contributed by atoms with E-state index in [9.17, 15) is 4.39 Å². The number of rotatable bonds is 3. The van der Waals surface area contributed by atoms with Gasteiger partial charge in [0, 0.05) is 16.6 Å². The molecule has 0 saturated carbocycles. The number of hydrogen-bond acceptors (Lipinski definition) is 2. The van der Waals surface area contributed by atoms with E-state index in [1.54, 1.807) is 13.0 Å². The summed E-state index contributed by atoms with van der Waals surface area (Å²) in [5, 5.41) is 3.23. The fourth-order valence-electron chi connectivity index (χ4n) is 2.34. The molecular weight excluding hydrogens is 321 g/mol. The van der Waals surface area contributed by atoms with Crippen LogP contribution in [0.15, 0.2) is 40.9 Å². The fourth-order valence-corrected chi connectivity index (χ4v) is 2.75. The van der Waals surface area contributed by atoms with Crippen LogP contribution in [-0.4, -0.2) is 12.6 Å². The smallest absolute Gasteiger partial charge is 0.128 e. The highest BCUT2D eigenvalue weighted by atomic mass is 79.9. The van der Waals surface area contributed by atoms with Gasteiger partial charge < -0.3 is 10.1 Å². The summed E-state index contributed by atoms with van der Waals surface area (Å²) >= 11 is 3.46. The van der Waals surface area contributed by atoms with Crippen molar-refractivity contribution in [2.45, 2.75) is 19.4 Å². The minimum Gasteiger partial charge on any atom is -0.488 e. The molecule has 1 N–H and O–H groups in total. The summed E-state index contributed by atoms with van der Waals surface area (Å²) in [7, 11) is 0. The van der Waals surface area contributed by atoms with Gasteiger partial charge in [0.05, 0.1) is 6.54 Å². The Morgan fingerprint density at radius 1 is 1.30 bits per heavy atom. The lowest BCUT2D eigenvalue weighted by Crippen LogP contribution is -2.24. The molecule has 2 nitrogen and oxygen atoms in total. The average molecular weight is 336 g/mol. The summed E-state index contributed by atoms with van der Waals surface area (Å²) < 4.78 is 20.4. The Morgan fingerprint density at radius 3 is 2.95 bits per heavy atom. The maximum Gasteiger partial charge on any atom is 0.128 e. The SMILES string of the molecule is Cc1ccc(NCC2Cc3cc(Br)ccc3O2)cc1F. The van der Waals surface area contributed by atoms with E-state index in [0.717, 1.165) is 22.3 Å². The second-order valence-electron chi connectivity index (χ2n) is 5.04. The van der Waals surface area contributed by atoms with Crippen LogP contribution in [0.3, 0.4) is 0 Å². The summed E-state index contributed by atoms with van der Waals surface area (Å²) in [6, 6.07) is 11.2. The highest BCUT2D eigenvalue weighted by molar-refractivity contribution is 9.10. The molecule has 0 bridgehead atoms. The predicted octanol–water partition coefficient (Wildman–Crippen LogP) is 4.31. The number of aryl methyl sites for hydroxylation is 1. The first kappa shape index (κ1) is 13.4. The van der Waals surface area contributed by atoms with Crippen LogP contribution in [0.4, 0.5) is 10.1 Å². The first-order valence-electron chi connectivity index (χ1n) is 6.57. The topological polar surface area (TPSA) is 21.3 Å². The van der Waals surface area contributed by atoms with Crippen molar-refractivity contribution in [1.29, 1.82) is 0 Å². The van der Waals surface area contributed by atoms with Gasteiger partial charge in [-0.05, 0) is 48.4 Å². The van der Waals surface area contributed by atoms with E-state index in [-0.39, 0.29) is 11.9 Å². The molecule has 104 valence electrons. The van der Waals surface area contributed by atoms with Gasteiger partial charge in [-0.2, -0.15) is 0 Å². The Hall–Kier alpha value is -1.55. The third-order valence-electron chi connectivity index (χ3n) is 3.47. The van der Waals surface area contributed by atoms with E-state index in [0.29, 0.717) is 12.1 Å². The summed E-state index contributed by atoms with van der Waals surface area (Å²) in [5.41, 5.74) is 2.65. The van der Waals surface area contributed by atoms with E-state index < -0.39 is 0 Å². The van der Waals surface area contributed by atoms with Crippen molar-refractivity contribution in [3.05, 3.63) is 57.8 Å². The van der Waals surface area contributed by atoms with Gasteiger partial charge in [0.1, 0.15) is 17.7 Å². The van der Waals surface area contributed by atoms with Gasteiger partial charge in [0.25, 0.3) is 0 Å². The molecule has 1 atom stereocenters. The zero-order valence-corrected chi connectivity index (χ0v) is 12.7. The number of ether oxygens (including phenoxy) is 1. The van der Waals surface area contributed by atoms with E-state index in [2.05, 4.69) is 27.3 Å². The molecule has 0 radical (unpaired) electrons. The Labute approximate surface area is 126 Å². The van der Waals surface area contributed by atoms with Gasteiger partial charge in [-0.3, -0.25) is 0 Å². The summed E-state index contributed by atoms with van der Waals surface area (Å²) in [6.45, 7) is 2.42. The van der Waals surface area contributed by atoms with Gasteiger partial charge in [-0.25, -0.2) is 4.39 Å². The monoisotopic (exact) mass is 335 g/mol. The standard InChI is InChI=1S/C16H15BrFNO/c1-10-2-4-13(8-15(10)18)19-9-14-7-11-6-12(17)3-5-16(11)20-14/h2-6,8,14,19H,7,9H2,1H3. The Balaban J connectivity index is 1.62. The zero-order valence-electron chi connectivity index (χ0n) is 11.1.